The smallest absolute Gasteiger partial charge is 0.319 e. The molecule has 0 unspecified atom stereocenters. The highest BCUT2D eigenvalue weighted by molar-refractivity contribution is 6.03. The predicted molar refractivity (Wildman–Crippen MR) is 87.1 cm³/mol. The van der Waals surface area contributed by atoms with E-state index in [0.717, 1.165) is 0 Å². The third kappa shape index (κ3) is 4.12. The van der Waals surface area contributed by atoms with E-state index < -0.39 is 0 Å². The molecule has 6 nitrogen and oxygen atoms in total. The zero-order valence-electron chi connectivity index (χ0n) is 12.9. The number of amides is 3. The predicted octanol–water partition coefficient (Wildman–Crippen LogP) is 2.81. The third-order valence-corrected chi connectivity index (χ3v) is 3.00. The summed E-state index contributed by atoms with van der Waals surface area (Å²) in [5, 5.41) is 8.27. The fourth-order valence-electron chi connectivity index (χ4n) is 1.96. The van der Waals surface area contributed by atoms with Gasteiger partial charge in [-0.1, -0.05) is 0 Å². The van der Waals surface area contributed by atoms with E-state index in [1.165, 1.54) is 0 Å². The van der Waals surface area contributed by atoms with Crippen LogP contribution in [0.2, 0.25) is 0 Å². The van der Waals surface area contributed by atoms with E-state index in [1.807, 2.05) is 33.2 Å². The quantitative estimate of drug-likeness (QED) is 0.812. The Morgan fingerprint density at radius 3 is 2.09 bits per heavy atom. The van der Waals surface area contributed by atoms with Crippen molar-refractivity contribution in [2.45, 2.75) is 19.9 Å². The molecule has 0 radical (unpaired) electrons. The number of hydrogen-bond acceptors (Lipinski definition) is 2. The molecule has 6 heteroatoms. The number of aryl methyl sites for hydroxylation is 1. The summed E-state index contributed by atoms with van der Waals surface area (Å²) < 4.78 is 1.75. The summed E-state index contributed by atoms with van der Waals surface area (Å²) in [6, 6.07) is 10.3. The summed E-state index contributed by atoms with van der Waals surface area (Å²) in [6.07, 6.45) is 1.81. The number of urea groups is 1. The van der Waals surface area contributed by atoms with Crippen LogP contribution in [0.4, 0.5) is 16.2 Å². The second kappa shape index (κ2) is 6.80. The van der Waals surface area contributed by atoms with Gasteiger partial charge in [0.1, 0.15) is 5.69 Å². The maximum Gasteiger partial charge on any atom is 0.319 e. The van der Waals surface area contributed by atoms with Crippen LogP contribution in [-0.4, -0.2) is 22.5 Å². The van der Waals surface area contributed by atoms with Crippen LogP contribution >= 0.6 is 0 Å². The summed E-state index contributed by atoms with van der Waals surface area (Å²) in [7, 11) is 1.81. The third-order valence-electron chi connectivity index (χ3n) is 3.00. The van der Waals surface area contributed by atoms with Gasteiger partial charge >= 0.3 is 6.03 Å². The van der Waals surface area contributed by atoms with Crippen LogP contribution < -0.4 is 16.0 Å². The molecule has 1 aromatic heterocycles. The largest absolute Gasteiger partial charge is 0.347 e. The van der Waals surface area contributed by atoms with Crippen molar-refractivity contribution >= 4 is 23.3 Å². The van der Waals surface area contributed by atoms with Crippen molar-refractivity contribution in [3.63, 3.8) is 0 Å². The first-order chi connectivity index (χ1) is 10.5. The summed E-state index contributed by atoms with van der Waals surface area (Å²) in [5.41, 5.74) is 1.91. The second-order valence-corrected chi connectivity index (χ2v) is 5.29. The maximum absolute atomic E-state index is 12.1. The number of carbonyl (C=O) groups excluding carboxylic acids is 2. The first-order valence-corrected chi connectivity index (χ1v) is 7.06. The second-order valence-electron chi connectivity index (χ2n) is 5.29. The SMILES string of the molecule is CC(C)NC(=O)Nc1ccc(NC(=O)c2cccn2C)cc1. The first kappa shape index (κ1) is 15.6. The highest BCUT2D eigenvalue weighted by Crippen LogP contribution is 2.14. The van der Waals surface area contributed by atoms with Crippen LogP contribution in [-0.2, 0) is 7.05 Å². The Labute approximate surface area is 129 Å². The van der Waals surface area contributed by atoms with E-state index >= 15 is 0 Å². The van der Waals surface area contributed by atoms with Gasteiger partial charge in [-0.2, -0.15) is 0 Å². The molecule has 0 fully saturated rings. The summed E-state index contributed by atoms with van der Waals surface area (Å²) in [5.74, 6) is -0.175. The van der Waals surface area contributed by atoms with Crippen LogP contribution in [0.5, 0.6) is 0 Å². The van der Waals surface area contributed by atoms with Gasteiger partial charge < -0.3 is 20.5 Å². The molecule has 2 rings (SSSR count). The van der Waals surface area contributed by atoms with Gasteiger partial charge in [0.05, 0.1) is 0 Å². The van der Waals surface area contributed by atoms with Gasteiger partial charge in [0.25, 0.3) is 5.91 Å². The molecule has 0 aliphatic rings. The van der Waals surface area contributed by atoms with Crippen molar-refractivity contribution in [3.8, 4) is 0 Å². The minimum Gasteiger partial charge on any atom is -0.347 e. The molecule has 22 heavy (non-hydrogen) atoms. The van der Waals surface area contributed by atoms with Crippen LogP contribution in [0.25, 0.3) is 0 Å². The Kier molecular flexibility index (Phi) is 4.83. The Bertz CT molecular complexity index is 659. The van der Waals surface area contributed by atoms with E-state index in [9.17, 15) is 9.59 Å². The molecule has 0 saturated heterocycles. The molecular formula is C16H20N4O2. The van der Waals surface area contributed by atoms with Crippen LogP contribution in [0.3, 0.4) is 0 Å². The Hall–Kier alpha value is -2.76. The van der Waals surface area contributed by atoms with Crippen molar-refractivity contribution in [2.75, 3.05) is 10.6 Å². The lowest BCUT2D eigenvalue weighted by Crippen LogP contribution is -2.34. The molecule has 3 N–H and O–H groups in total. The maximum atomic E-state index is 12.1. The van der Waals surface area contributed by atoms with E-state index in [4.69, 9.17) is 0 Å². The van der Waals surface area contributed by atoms with Crippen LogP contribution in [0.15, 0.2) is 42.6 Å². The number of benzene rings is 1. The molecule has 0 aliphatic heterocycles. The molecule has 0 spiro atoms. The molecule has 1 heterocycles. The van der Waals surface area contributed by atoms with E-state index in [1.54, 1.807) is 34.9 Å². The van der Waals surface area contributed by atoms with E-state index in [2.05, 4.69) is 16.0 Å². The number of aromatic nitrogens is 1. The minimum atomic E-state index is -0.254. The zero-order chi connectivity index (χ0) is 16.1. The Morgan fingerprint density at radius 2 is 1.59 bits per heavy atom. The standard InChI is InChI=1S/C16H20N4O2/c1-11(2)17-16(22)19-13-8-6-12(7-9-13)18-15(21)14-5-4-10-20(14)3/h4-11H,1-3H3,(H,18,21)(H2,17,19,22). The lowest BCUT2D eigenvalue weighted by atomic mass is 10.2. The van der Waals surface area contributed by atoms with Gasteiger partial charge in [-0.15, -0.1) is 0 Å². The fraction of sp³-hybridized carbons (Fsp3) is 0.250. The average molecular weight is 300 g/mol. The van der Waals surface area contributed by atoms with E-state index in [0.29, 0.717) is 17.1 Å². The summed E-state index contributed by atoms with van der Waals surface area (Å²) in [6.45, 7) is 3.78. The van der Waals surface area contributed by atoms with Crippen molar-refractivity contribution in [1.82, 2.24) is 9.88 Å². The Morgan fingerprint density at radius 1 is 1.00 bits per heavy atom. The average Bonchev–Trinajstić information content (AvgIpc) is 2.86. The van der Waals surface area contributed by atoms with Gasteiger partial charge in [-0.05, 0) is 50.2 Å². The molecule has 0 aliphatic carbocycles. The topological polar surface area (TPSA) is 75.2 Å². The minimum absolute atomic E-state index is 0.0730. The molecule has 1 aromatic carbocycles. The molecule has 116 valence electrons. The summed E-state index contributed by atoms with van der Waals surface area (Å²) in [4.78, 5) is 23.7. The normalized spacial score (nSPS) is 10.4. The highest BCUT2D eigenvalue weighted by atomic mass is 16.2. The number of carbonyl (C=O) groups is 2. The molecular weight excluding hydrogens is 280 g/mol. The number of nitrogens with one attached hydrogen (secondary N) is 3. The molecule has 2 aromatic rings. The zero-order valence-corrected chi connectivity index (χ0v) is 12.9. The van der Waals surface area contributed by atoms with Crippen molar-refractivity contribution < 1.29 is 9.59 Å². The molecule has 0 atom stereocenters. The lowest BCUT2D eigenvalue weighted by Gasteiger charge is -2.11. The van der Waals surface area contributed by atoms with Gasteiger partial charge in [0.15, 0.2) is 0 Å². The van der Waals surface area contributed by atoms with Crippen molar-refractivity contribution in [3.05, 3.63) is 48.3 Å². The fourth-order valence-corrected chi connectivity index (χ4v) is 1.96. The molecule has 3 amide bonds. The van der Waals surface area contributed by atoms with Crippen LogP contribution in [0.1, 0.15) is 24.3 Å². The van der Waals surface area contributed by atoms with E-state index in [-0.39, 0.29) is 18.0 Å². The molecule has 0 saturated carbocycles. The first-order valence-electron chi connectivity index (χ1n) is 7.06. The Balaban J connectivity index is 1.96. The van der Waals surface area contributed by atoms with Gasteiger partial charge in [0.2, 0.25) is 0 Å². The monoisotopic (exact) mass is 300 g/mol. The van der Waals surface area contributed by atoms with Crippen molar-refractivity contribution in [2.24, 2.45) is 7.05 Å². The lowest BCUT2D eigenvalue weighted by molar-refractivity contribution is 0.101. The van der Waals surface area contributed by atoms with Crippen molar-refractivity contribution in [1.29, 1.82) is 0 Å². The number of anilines is 2. The van der Waals surface area contributed by atoms with Gasteiger partial charge in [-0.3, -0.25) is 4.79 Å². The van der Waals surface area contributed by atoms with Gasteiger partial charge in [0, 0.05) is 30.7 Å². The number of rotatable bonds is 4. The number of nitrogens with zero attached hydrogens (tertiary/aromatic N) is 1. The highest BCUT2D eigenvalue weighted by Gasteiger charge is 2.09. The number of hydrogen-bond donors (Lipinski definition) is 3. The summed E-state index contributed by atoms with van der Waals surface area (Å²) >= 11 is 0. The van der Waals surface area contributed by atoms with Crippen LogP contribution in [0, 0.1) is 0 Å². The molecule has 0 bridgehead atoms. The van der Waals surface area contributed by atoms with Gasteiger partial charge in [-0.25, -0.2) is 4.79 Å².